The molecule has 4 rings (SSSR count). The fourth-order valence-corrected chi connectivity index (χ4v) is 4.15. The molecule has 4 nitrogen and oxygen atoms in total. The topological polar surface area (TPSA) is 37.3 Å². The molecule has 6 heteroatoms. The molecule has 1 aliphatic rings. The van der Waals surface area contributed by atoms with Crippen molar-refractivity contribution < 1.29 is 4.79 Å². The number of nitrogens with zero attached hydrogens (tertiary/aromatic N) is 2. The van der Waals surface area contributed by atoms with Crippen LogP contribution in [-0.2, 0) is 6.54 Å². The van der Waals surface area contributed by atoms with Crippen molar-refractivity contribution in [3.8, 4) is 0 Å². The van der Waals surface area contributed by atoms with Gasteiger partial charge in [0.05, 0.1) is 0 Å². The summed E-state index contributed by atoms with van der Waals surface area (Å²) in [5, 5.41) is 5.62. The number of hydrogen-bond acceptors (Lipinski definition) is 2. The minimum absolute atomic E-state index is 0.0621. The van der Waals surface area contributed by atoms with Crippen molar-refractivity contribution in [2.24, 2.45) is 0 Å². The zero-order valence-electron chi connectivity index (χ0n) is 12.9. The second kappa shape index (κ2) is 6.34. The van der Waals surface area contributed by atoms with Crippen LogP contribution in [0.1, 0.15) is 16.6 Å². The number of carbonyl (C=O) groups excluding carboxylic acids is 1. The van der Waals surface area contributed by atoms with E-state index >= 15 is 0 Å². The number of carbonyl (C=O) groups is 1. The molecule has 3 aromatic rings. The van der Waals surface area contributed by atoms with Gasteiger partial charge in [-0.3, -0.25) is 0 Å². The zero-order chi connectivity index (χ0) is 16.5. The molecule has 1 atom stereocenters. The van der Waals surface area contributed by atoms with Crippen LogP contribution in [0.4, 0.5) is 10.5 Å². The summed E-state index contributed by atoms with van der Waals surface area (Å²) in [6.07, 6.45) is 2.07. The number of benzene rings is 1. The molecule has 0 radical (unpaired) electrons. The van der Waals surface area contributed by atoms with Gasteiger partial charge in [-0.2, -0.15) is 0 Å². The summed E-state index contributed by atoms with van der Waals surface area (Å²) >= 11 is 7.68. The van der Waals surface area contributed by atoms with E-state index < -0.39 is 0 Å². The molecule has 0 saturated carbocycles. The minimum Gasteiger partial charge on any atom is -0.347 e. The summed E-state index contributed by atoms with van der Waals surface area (Å²) in [5.41, 5.74) is 1.85. The van der Waals surface area contributed by atoms with Crippen molar-refractivity contribution in [1.82, 2.24) is 9.47 Å². The van der Waals surface area contributed by atoms with E-state index in [2.05, 4.69) is 28.2 Å². The van der Waals surface area contributed by atoms with Crippen LogP contribution < -0.4 is 5.32 Å². The van der Waals surface area contributed by atoms with Gasteiger partial charge in [-0.05, 0) is 41.8 Å². The summed E-state index contributed by atoms with van der Waals surface area (Å²) in [7, 11) is 0. The molecule has 0 bridgehead atoms. The fourth-order valence-electron chi connectivity index (χ4n) is 3.11. The molecule has 0 unspecified atom stereocenters. The number of fused-ring (bicyclic) bond motifs is 1. The lowest BCUT2D eigenvalue weighted by Crippen LogP contribution is -2.44. The maximum atomic E-state index is 12.9. The van der Waals surface area contributed by atoms with E-state index in [1.165, 1.54) is 0 Å². The van der Waals surface area contributed by atoms with Gasteiger partial charge in [0.25, 0.3) is 0 Å². The van der Waals surface area contributed by atoms with E-state index in [0.717, 1.165) is 17.1 Å². The minimum atomic E-state index is -0.108. The van der Waals surface area contributed by atoms with Crippen molar-refractivity contribution in [2.45, 2.75) is 12.6 Å². The van der Waals surface area contributed by atoms with Crippen LogP contribution >= 0.6 is 22.9 Å². The fraction of sp³-hybridized carbons (Fsp3) is 0.167. The van der Waals surface area contributed by atoms with Crippen molar-refractivity contribution in [3.63, 3.8) is 0 Å². The number of urea groups is 1. The quantitative estimate of drug-likeness (QED) is 0.700. The first-order valence-electron chi connectivity index (χ1n) is 7.74. The first kappa shape index (κ1) is 15.3. The van der Waals surface area contributed by atoms with Crippen LogP contribution in [0.15, 0.2) is 60.1 Å². The summed E-state index contributed by atoms with van der Waals surface area (Å²) in [6, 6.07) is 15.3. The second-order valence-corrected chi connectivity index (χ2v) is 7.09. The molecule has 2 amide bonds. The van der Waals surface area contributed by atoms with Gasteiger partial charge >= 0.3 is 6.03 Å². The molecular weight excluding hydrogens is 342 g/mol. The number of thiophene rings is 1. The third-order valence-corrected chi connectivity index (χ3v) is 5.35. The number of halogens is 1. The van der Waals surface area contributed by atoms with Gasteiger partial charge in [0.2, 0.25) is 0 Å². The third-order valence-electron chi connectivity index (χ3n) is 4.19. The monoisotopic (exact) mass is 357 g/mol. The highest BCUT2D eigenvalue weighted by Gasteiger charge is 2.32. The van der Waals surface area contributed by atoms with E-state index in [-0.39, 0.29) is 12.1 Å². The van der Waals surface area contributed by atoms with Crippen molar-refractivity contribution in [1.29, 1.82) is 0 Å². The standard InChI is InChI=1S/C18H16ClN3OS/c19-13-4-1-5-14(12-13)20-18(23)22-10-9-21-8-2-6-15(21)17(22)16-7-3-11-24-16/h1-8,11-12,17H,9-10H2,(H,20,23)/t17-/m1/s1. The Morgan fingerprint density at radius 2 is 2.08 bits per heavy atom. The normalized spacial score (nSPS) is 16.7. The van der Waals surface area contributed by atoms with Crippen LogP contribution in [0.25, 0.3) is 0 Å². The second-order valence-electron chi connectivity index (χ2n) is 5.68. The summed E-state index contributed by atoms with van der Waals surface area (Å²) in [4.78, 5) is 15.9. The van der Waals surface area contributed by atoms with Gasteiger partial charge in [0.1, 0.15) is 6.04 Å². The molecule has 3 heterocycles. The molecule has 1 aromatic carbocycles. The Morgan fingerprint density at radius 1 is 1.17 bits per heavy atom. The lowest BCUT2D eigenvalue weighted by atomic mass is 10.1. The van der Waals surface area contributed by atoms with Crippen molar-refractivity contribution in [2.75, 3.05) is 11.9 Å². The SMILES string of the molecule is O=C(Nc1cccc(Cl)c1)N1CCn2cccc2[C@@H]1c1cccs1. The molecule has 24 heavy (non-hydrogen) atoms. The Hall–Kier alpha value is -2.24. The van der Waals surface area contributed by atoms with Crippen LogP contribution in [0.2, 0.25) is 5.02 Å². The Kier molecular flexibility index (Phi) is 4.04. The van der Waals surface area contributed by atoms with E-state index in [4.69, 9.17) is 11.6 Å². The predicted molar refractivity (Wildman–Crippen MR) is 97.8 cm³/mol. The lowest BCUT2D eigenvalue weighted by Gasteiger charge is -2.36. The Morgan fingerprint density at radius 3 is 2.88 bits per heavy atom. The maximum Gasteiger partial charge on any atom is 0.322 e. The number of anilines is 1. The van der Waals surface area contributed by atoms with Crippen LogP contribution in [0.5, 0.6) is 0 Å². The molecule has 0 fully saturated rings. The molecule has 1 N–H and O–H groups in total. The first-order valence-corrected chi connectivity index (χ1v) is 9.00. The summed E-state index contributed by atoms with van der Waals surface area (Å²) in [5.74, 6) is 0. The van der Waals surface area contributed by atoms with Crippen molar-refractivity contribution in [3.05, 3.63) is 75.7 Å². The van der Waals surface area contributed by atoms with Gasteiger partial charge in [-0.25, -0.2) is 4.79 Å². The van der Waals surface area contributed by atoms with E-state index in [9.17, 15) is 4.79 Å². The number of nitrogens with one attached hydrogen (secondary N) is 1. The molecule has 2 aromatic heterocycles. The largest absolute Gasteiger partial charge is 0.347 e. The molecule has 0 aliphatic carbocycles. The number of rotatable bonds is 2. The summed E-state index contributed by atoms with van der Waals surface area (Å²) in [6.45, 7) is 1.46. The van der Waals surface area contributed by atoms with E-state index in [1.807, 2.05) is 34.5 Å². The predicted octanol–water partition coefficient (Wildman–Crippen LogP) is 4.84. The van der Waals surface area contributed by atoms with Gasteiger partial charge in [-0.15, -0.1) is 11.3 Å². The Labute approximate surface area is 149 Å². The maximum absolute atomic E-state index is 12.9. The highest BCUT2D eigenvalue weighted by molar-refractivity contribution is 7.10. The highest BCUT2D eigenvalue weighted by Crippen LogP contribution is 2.35. The van der Waals surface area contributed by atoms with E-state index in [1.54, 1.807) is 23.5 Å². The Bertz CT molecular complexity index is 859. The number of hydrogen-bond donors (Lipinski definition) is 1. The zero-order valence-corrected chi connectivity index (χ0v) is 14.4. The van der Waals surface area contributed by atoms with Crippen LogP contribution in [-0.4, -0.2) is 22.0 Å². The van der Waals surface area contributed by atoms with Gasteiger partial charge in [0.15, 0.2) is 0 Å². The van der Waals surface area contributed by atoms with Gasteiger partial charge < -0.3 is 14.8 Å². The highest BCUT2D eigenvalue weighted by atomic mass is 35.5. The van der Waals surface area contributed by atoms with Gasteiger partial charge in [-0.1, -0.05) is 23.7 Å². The van der Waals surface area contributed by atoms with Crippen LogP contribution in [0.3, 0.4) is 0 Å². The Balaban J connectivity index is 1.65. The average Bonchev–Trinajstić information content (AvgIpc) is 3.25. The molecule has 122 valence electrons. The molecule has 0 spiro atoms. The number of amides is 2. The lowest BCUT2D eigenvalue weighted by molar-refractivity contribution is 0.183. The third kappa shape index (κ3) is 2.81. The molecule has 1 aliphatic heterocycles. The van der Waals surface area contributed by atoms with Crippen molar-refractivity contribution >= 4 is 34.7 Å². The number of aromatic nitrogens is 1. The molecular formula is C18H16ClN3OS. The summed E-state index contributed by atoms with van der Waals surface area (Å²) < 4.78 is 2.22. The smallest absolute Gasteiger partial charge is 0.322 e. The molecule has 0 saturated heterocycles. The average molecular weight is 358 g/mol. The van der Waals surface area contributed by atoms with Crippen LogP contribution in [0, 0.1) is 0 Å². The van der Waals surface area contributed by atoms with Gasteiger partial charge in [0, 0.05) is 40.6 Å². The van der Waals surface area contributed by atoms with E-state index in [0.29, 0.717) is 17.3 Å². The first-order chi connectivity index (χ1) is 11.7.